The van der Waals surface area contributed by atoms with Crippen LogP contribution in [-0.2, 0) is 17.4 Å². The van der Waals surface area contributed by atoms with E-state index in [4.69, 9.17) is 5.11 Å². The van der Waals surface area contributed by atoms with E-state index >= 15 is 0 Å². The summed E-state index contributed by atoms with van der Waals surface area (Å²) in [6.45, 7) is 3.98. The molecule has 116 valence electrons. The van der Waals surface area contributed by atoms with Gasteiger partial charge in [0.15, 0.2) is 0 Å². The third-order valence-electron chi connectivity index (χ3n) is 3.05. The average molecular weight is 300 g/mol. The maximum absolute atomic E-state index is 12.4. The van der Waals surface area contributed by atoms with E-state index in [1.807, 2.05) is 26.0 Å². The van der Waals surface area contributed by atoms with Crippen molar-refractivity contribution in [3.05, 3.63) is 47.5 Å². The van der Waals surface area contributed by atoms with Crippen molar-refractivity contribution in [1.29, 1.82) is 0 Å². The molecule has 0 spiro atoms. The molecular formula is C16H19F3O2. The van der Waals surface area contributed by atoms with Crippen LogP contribution >= 0.6 is 0 Å². The molecule has 5 heteroatoms. The van der Waals surface area contributed by atoms with Crippen LogP contribution < -0.4 is 0 Å². The van der Waals surface area contributed by atoms with E-state index < -0.39 is 23.6 Å². The van der Waals surface area contributed by atoms with Gasteiger partial charge in [0.2, 0.25) is 0 Å². The first-order valence-electron chi connectivity index (χ1n) is 6.75. The van der Waals surface area contributed by atoms with Crippen molar-refractivity contribution >= 4 is 5.97 Å². The molecule has 1 atom stereocenters. The summed E-state index contributed by atoms with van der Waals surface area (Å²) < 4.78 is 37.3. The minimum Gasteiger partial charge on any atom is -0.481 e. The van der Waals surface area contributed by atoms with Crippen LogP contribution in [0.25, 0.3) is 0 Å². The lowest BCUT2D eigenvalue weighted by Crippen LogP contribution is -2.16. The molecule has 0 radical (unpaired) electrons. The Balaban J connectivity index is 2.73. The van der Waals surface area contributed by atoms with Gasteiger partial charge in [0, 0.05) is 0 Å². The van der Waals surface area contributed by atoms with Crippen LogP contribution in [0.4, 0.5) is 13.2 Å². The van der Waals surface area contributed by atoms with Crippen molar-refractivity contribution in [1.82, 2.24) is 0 Å². The highest BCUT2D eigenvalue weighted by atomic mass is 19.4. The molecule has 1 aromatic carbocycles. The SMILES string of the molecule is CC(C)/C=C/C[C@@H](Cc1ccc(C(F)(F)F)cc1)C(=O)O. The molecule has 21 heavy (non-hydrogen) atoms. The van der Waals surface area contributed by atoms with E-state index in [0.717, 1.165) is 12.1 Å². The largest absolute Gasteiger partial charge is 0.481 e. The van der Waals surface area contributed by atoms with Gasteiger partial charge in [-0.15, -0.1) is 0 Å². The summed E-state index contributed by atoms with van der Waals surface area (Å²) in [6, 6.07) is 4.65. The Hall–Kier alpha value is -1.78. The smallest absolute Gasteiger partial charge is 0.416 e. The molecule has 0 fully saturated rings. The van der Waals surface area contributed by atoms with Crippen molar-refractivity contribution in [3.63, 3.8) is 0 Å². The molecule has 1 rings (SSSR count). The standard InChI is InChI=1S/C16H19F3O2/c1-11(2)4-3-5-13(15(20)21)10-12-6-8-14(9-7-12)16(17,18)19/h3-4,6-9,11,13H,5,10H2,1-2H3,(H,20,21)/b4-3+/t13-/m0/s1. The van der Waals surface area contributed by atoms with Gasteiger partial charge in [0.25, 0.3) is 0 Å². The highest BCUT2D eigenvalue weighted by Gasteiger charge is 2.30. The van der Waals surface area contributed by atoms with E-state index in [9.17, 15) is 18.0 Å². The van der Waals surface area contributed by atoms with Gasteiger partial charge >= 0.3 is 12.1 Å². The first kappa shape index (κ1) is 17.3. The Morgan fingerprint density at radius 2 is 1.81 bits per heavy atom. The maximum atomic E-state index is 12.4. The van der Waals surface area contributed by atoms with Gasteiger partial charge in [0.1, 0.15) is 0 Å². The van der Waals surface area contributed by atoms with Crippen molar-refractivity contribution in [2.75, 3.05) is 0 Å². The first-order chi connectivity index (χ1) is 9.70. The summed E-state index contributed by atoms with van der Waals surface area (Å²) in [5, 5.41) is 9.17. The number of allylic oxidation sites excluding steroid dienone is 2. The molecule has 0 amide bonds. The molecule has 0 aliphatic rings. The summed E-state index contributed by atoms with van der Waals surface area (Å²) in [4.78, 5) is 11.2. The number of carboxylic acids is 1. The molecule has 0 saturated carbocycles. The summed E-state index contributed by atoms with van der Waals surface area (Å²) in [5.41, 5.74) is -0.133. The predicted molar refractivity (Wildman–Crippen MR) is 74.9 cm³/mol. The van der Waals surface area contributed by atoms with Gasteiger partial charge in [-0.05, 0) is 36.5 Å². The molecule has 1 N–H and O–H groups in total. The molecule has 0 unspecified atom stereocenters. The number of carbonyl (C=O) groups is 1. The van der Waals surface area contributed by atoms with Crippen LogP contribution in [0.1, 0.15) is 31.4 Å². The van der Waals surface area contributed by atoms with Crippen molar-refractivity contribution in [3.8, 4) is 0 Å². The minimum atomic E-state index is -4.37. The molecule has 0 bridgehead atoms. The van der Waals surface area contributed by atoms with E-state index in [-0.39, 0.29) is 6.42 Å². The highest BCUT2D eigenvalue weighted by Crippen LogP contribution is 2.29. The average Bonchev–Trinajstić information content (AvgIpc) is 2.36. The summed E-state index contributed by atoms with van der Waals surface area (Å²) in [7, 11) is 0. The van der Waals surface area contributed by atoms with Gasteiger partial charge in [-0.2, -0.15) is 13.2 Å². The molecule has 2 nitrogen and oxygen atoms in total. The quantitative estimate of drug-likeness (QED) is 0.782. The zero-order chi connectivity index (χ0) is 16.0. The number of carboxylic acid groups (broad SMARTS) is 1. The van der Waals surface area contributed by atoms with E-state index in [2.05, 4.69) is 0 Å². The highest BCUT2D eigenvalue weighted by molar-refractivity contribution is 5.70. The topological polar surface area (TPSA) is 37.3 Å². The summed E-state index contributed by atoms with van der Waals surface area (Å²) in [6.07, 6.45) is -0.0502. The first-order valence-corrected chi connectivity index (χ1v) is 6.75. The lowest BCUT2D eigenvalue weighted by molar-refractivity contribution is -0.141. The summed E-state index contributed by atoms with van der Waals surface area (Å²) in [5.74, 6) is -1.23. The fourth-order valence-corrected chi connectivity index (χ4v) is 1.90. The zero-order valence-corrected chi connectivity index (χ0v) is 12.0. The van der Waals surface area contributed by atoms with Gasteiger partial charge in [-0.25, -0.2) is 0 Å². The number of rotatable bonds is 6. The van der Waals surface area contributed by atoms with Crippen molar-refractivity contribution in [2.24, 2.45) is 11.8 Å². The van der Waals surface area contributed by atoms with Crippen LogP contribution in [0.2, 0.25) is 0 Å². The van der Waals surface area contributed by atoms with Gasteiger partial charge in [0.05, 0.1) is 11.5 Å². The number of hydrogen-bond acceptors (Lipinski definition) is 1. The zero-order valence-electron chi connectivity index (χ0n) is 12.0. The Kier molecular flexibility index (Phi) is 6.00. The van der Waals surface area contributed by atoms with Crippen LogP contribution in [0.3, 0.4) is 0 Å². The predicted octanol–water partition coefficient (Wildman–Crippen LogP) is 4.55. The molecule has 1 aromatic rings. The number of aliphatic carboxylic acids is 1. The van der Waals surface area contributed by atoms with Crippen LogP contribution in [0.15, 0.2) is 36.4 Å². The number of halogens is 3. The molecule has 0 heterocycles. The van der Waals surface area contributed by atoms with Crippen LogP contribution in [0.5, 0.6) is 0 Å². The monoisotopic (exact) mass is 300 g/mol. The number of hydrogen-bond donors (Lipinski definition) is 1. The Bertz CT molecular complexity index is 487. The maximum Gasteiger partial charge on any atom is 0.416 e. The molecular weight excluding hydrogens is 281 g/mol. The van der Waals surface area contributed by atoms with Gasteiger partial charge in [-0.3, -0.25) is 4.79 Å². The lowest BCUT2D eigenvalue weighted by Gasteiger charge is -2.12. The van der Waals surface area contributed by atoms with E-state index in [0.29, 0.717) is 17.9 Å². The van der Waals surface area contributed by atoms with E-state index in [1.54, 1.807) is 0 Å². The molecule has 0 saturated heterocycles. The van der Waals surface area contributed by atoms with Crippen LogP contribution in [0, 0.1) is 11.8 Å². The molecule has 0 aliphatic heterocycles. The van der Waals surface area contributed by atoms with E-state index in [1.165, 1.54) is 12.1 Å². The third kappa shape index (κ3) is 6.02. The number of benzene rings is 1. The normalized spacial score (nSPS) is 13.8. The molecule has 0 aromatic heterocycles. The van der Waals surface area contributed by atoms with Crippen LogP contribution in [-0.4, -0.2) is 11.1 Å². The third-order valence-corrected chi connectivity index (χ3v) is 3.05. The van der Waals surface area contributed by atoms with Gasteiger partial charge in [-0.1, -0.05) is 38.1 Å². The lowest BCUT2D eigenvalue weighted by atomic mass is 9.95. The summed E-state index contributed by atoms with van der Waals surface area (Å²) >= 11 is 0. The fraction of sp³-hybridized carbons (Fsp3) is 0.438. The second kappa shape index (κ2) is 7.29. The van der Waals surface area contributed by atoms with Gasteiger partial charge < -0.3 is 5.11 Å². The Morgan fingerprint density at radius 1 is 1.24 bits per heavy atom. The number of alkyl halides is 3. The van der Waals surface area contributed by atoms with Crippen molar-refractivity contribution < 1.29 is 23.1 Å². The Labute approximate surface area is 122 Å². The second-order valence-corrected chi connectivity index (χ2v) is 5.34. The second-order valence-electron chi connectivity index (χ2n) is 5.34. The van der Waals surface area contributed by atoms with Crippen molar-refractivity contribution in [2.45, 2.75) is 32.9 Å². The minimum absolute atomic E-state index is 0.218. The molecule has 0 aliphatic carbocycles. The fourth-order valence-electron chi connectivity index (χ4n) is 1.90. The Morgan fingerprint density at radius 3 is 2.24 bits per heavy atom.